The van der Waals surface area contributed by atoms with Crippen LogP contribution in [0.2, 0.25) is 0 Å². The van der Waals surface area contributed by atoms with Gasteiger partial charge in [0.25, 0.3) is 0 Å². The van der Waals surface area contributed by atoms with Crippen LogP contribution in [0.25, 0.3) is 0 Å². The predicted octanol–water partition coefficient (Wildman–Crippen LogP) is 1.01. The molecule has 90 valence electrons. The van der Waals surface area contributed by atoms with Crippen LogP contribution in [-0.2, 0) is 0 Å². The number of likely N-dealkylation sites (N-methyl/N-ethyl adjacent to an activating group) is 1. The normalized spacial score (nSPS) is 29.4. The van der Waals surface area contributed by atoms with E-state index in [1.807, 2.05) is 0 Å². The standard InChI is InChI=1S/C12H27N3/c1-5-8-15-11(2)6-7-13-9-12(15)10-14(3)4/h11-13H,5-10H2,1-4H3. The predicted molar refractivity (Wildman–Crippen MR) is 66.3 cm³/mol. The van der Waals surface area contributed by atoms with Gasteiger partial charge in [-0.3, -0.25) is 4.90 Å². The Hall–Kier alpha value is -0.120. The van der Waals surface area contributed by atoms with Gasteiger partial charge in [-0.05, 0) is 47.0 Å². The van der Waals surface area contributed by atoms with Gasteiger partial charge in [-0.15, -0.1) is 0 Å². The first-order chi connectivity index (χ1) is 7.15. The molecule has 0 spiro atoms. The third kappa shape index (κ3) is 4.09. The molecule has 0 saturated carbocycles. The molecule has 1 saturated heterocycles. The molecule has 2 atom stereocenters. The number of hydrogen-bond acceptors (Lipinski definition) is 3. The molecule has 0 aromatic carbocycles. The van der Waals surface area contributed by atoms with Crippen molar-refractivity contribution in [1.82, 2.24) is 15.1 Å². The summed E-state index contributed by atoms with van der Waals surface area (Å²) in [6, 6.07) is 1.40. The molecule has 15 heavy (non-hydrogen) atoms. The van der Waals surface area contributed by atoms with Gasteiger partial charge in [0.1, 0.15) is 0 Å². The SMILES string of the molecule is CCCN1C(C)CCNCC1CN(C)C. The van der Waals surface area contributed by atoms with Crippen molar-refractivity contribution in [2.45, 2.75) is 38.8 Å². The molecule has 3 nitrogen and oxygen atoms in total. The van der Waals surface area contributed by atoms with Crippen LogP contribution in [0, 0.1) is 0 Å². The van der Waals surface area contributed by atoms with Crippen LogP contribution in [0.3, 0.4) is 0 Å². The van der Waals surface area contributed by atoms with Crippen molar-refractivity contribution >= 4 is 0 Å². The van der Waals surface area contributed by atoms with E-state index in [4.69, 9.17) is 0 Å². The molecule has 0 aromatic rings. The molecule has 0 aliphatic carbocycles. The molecule has 0 aromatic heterocycles. The highest BCUT2D eigenvalue weighted by molar-refractivity contribution is 4.83. The van der Waals surface area contributed by atoms with Gasteiger partial charge in [0.05, 0.1) is 0 Å². The van der Waals surface area contributed by atoms with E-state index in [1.165, 1.54) is 25.9 Å². The van der Waals surface area contributed by atoms with Crippen LogP contribution in [0.5, 0.6) is 0 Å². The average Bonchev–Trinajstić information content (AvgIpc) is 2.32. The quantitative estimate of drug-likeness (QED) is 0.752. The topological polar surface area (TPSA) is 18.5 Å². The summed E-state index contributed by atoms with van der Waals surface area (Å²) in [6.07, 6.45) is 2.54. The lowest BCUT2D eigenvalue weighted by atomic mass is 10.1. The molecule has 0 amide bonds. The molecule has 2 unspecified atom stereocenters. The van der Waals surface area contributed by atoms with Gasteiger partial charge < -0.3 is 10.2 Å². The second-order valence-corrected chi connectivity index (χ2v) is 5.00. The third-order valence-electron chi connectivity index (χ3n) is 3.21. The Labute approximate surface area is 94.8 Å². The van der Waals surface area contributed by atoms with Crippen molar-refractivity contribution in [2.24, 2.45) is 0 Å². The highest BCUT2D eigenvalue weighted by Gasteiger charge is 2.25. The lowest BCUT2D eigenvalue weighted by Gasteiger charge is -2.35. The second kappa shape index (κ2) is 6.46. The summed E-state index contributed by atoms with van der Waals surface area (Å²) in [5.74, 6) is 0. The Bertz CT molecular complexity index is 170. The number of rotatable bonds is 4. The molecule has 1 fully saturated rings. The van der Waals surface area contributed by atoms with Crippen molar-refractivity contribution in [3.63, 3.8) is 0 Å². The largest absolute Gasteiger partial charge is 0.315 e. The van der Waals surface area contributed by atoms with E-state index in [-0.39, 0.29) is 0 Å². The Balaban J connectivity index is 2.59. The molecular formula is C12H27N3. The summed E-state index contributed by atoms with van der Waals surface area (Å²) in [6.45, 7) is 9.36. The monoisotopic (exact) mass is 213 g/mol. The van der Waals surface area contributed by atoms with Crippen molar-refractivity contribution < 1.29 is 0 Å². The minimum absolute atomic E-state index is 0.678. The van der Waals surface area contributed by atoms with Gasteiger partial charge in [0.2, 0.25) is 0 Å². The van der Waals surface area contributed by atoms with Gasteiger partial charge >= 0.3 is 0 Å². The highest BCUT2D eigenvalue weighted by Crippen LogP contribution is 2.13. The van der Waals surface area contributed by atoms with Crippen LogP contribution < -0.4 is 5.32 Å². The molecule has 0 radical (unpaired) electrons. The van der Waals surface area contributed by atoms with Crippen LogP contribution in [0.1, 0.15) is 26.7 Å². The maximum absolute atomic E-state index is 3.55. The zero-order chi connectivity index (χ0) is 11.3. The van der Waals surface area contributed by atoms with E-state index in [9.17, 15) is 0 Å². The molecule has 1 rings (SSSR count). The van der Waals surface area contributed by atoms with Crippen LogP contribution in [-0.4, -0.2) is 62.2 Å². The zero-order valence-corrected chi connectivity index (χ0v) is 10.8. The Morgan fingerprint density at radius 1 is 1.40 bits per heavy atom. The molecule has 1 aliphatic rings. The zero-order valence-electron chi connectivity index (χ0n) is 10.8. The van der Waals surface area contributed by atoms with E-state index in [2.05, 4.69) is 43.1 Å². The van der Waals surface area contributed by atoms with Gasteiger partial charge in [0, 0.05) is 25.2 Å². The lowest BCUT2D eigenvalue weighted by molar-refractivity contribution is 0.128. The lowest BCUT2D eigenvalue weighted by Crippen LogP contribution is -2.49. The Kier molecular flexibility index (Phi) is 5.58. The van der Waals surface area contributed by atoms with Crippen LogP contribution >= 0.6 is 0 Å². The smallest absolute Gasteiger partial charge is 0.0350 e. The molecule has 3 heteroatoms. The maximum Gasteiger partial charge on any atom is 0.0350 e. The fourth-order valence-electron chi connectivity index (χ4n) is 2.47. The van der Waals surface area contributed by atoms with E-state index >= 15 is 0 Å². The fourth-order valence-corrected chi connectivity index (χ4v) is 2.47. The van der Waals surface area contributed by atoms with Gasteiger partial charge in [-0.2, -0.15) is 0 Å². The minimum Gasteiger partial charge on any atom is -0.315 e. The van der Waals surface area contributed by atoms with E-state index < -0.39 is 0 Å². The maximum atomic E-state index is 3.55. The minimum atomic E-state index is 0.678. The van der Waals surface area contributed by atoms with E-state index in [0.717, 1.165) is 19.1 Å². The number of nitrogens with one attached hydrogen (secondary N) is 1. The van der Waals surface area contributed by atoms with E-state index in [1.54, 1.807) is 0 Å². The van der Waals surface area contributed by atoms with Crippen molar-refractivity contribution in [2.75, 3.05) is 40.3 Å². The summed E-state index contributed by atoms with van der Waals surface area (Å²) >= 11 is 0. The van der Waals surface area contributed by atoms with Crippen molar-refractivity contribution in [1.29, 1.82) is 0 Å². The first kappa shape index (κ1) is 12.9. The summed E-state index contributed by atoms with van der Waals surface area (Å²) in [4.78, 5) is 4.98. The first-order valence-electron chi connectivity index (χ1n) is 6.26. The average molecular weight is 213 g/mol. The van der Waals surface area contributed by atoms with Gasteiger partial charge in [-0.1, -0.05) is 6.92 Å². The summed E-state index contributed by atoms with van der Waals surface area (Å²) in [5, 5.41) is 3.55. The summed E-state index contributed by atoms with van der Waals surface area (Å²) in [5.41, 5.74) is 0. The third-order valence-corrected chi connectivity index (χ3v) is 3.21. The van der Waals surface area contributed by atoms with Crippen molar-refractivity contribution in [3.8, 4) is 0 Å². The number of hydrogen-bond donors (Lipinski definition) is 1. The molecule has 1 N–H and O–H groups in total. The van der Waals surface area contributed by atoms with E-state index in [0.29, 0.717) is 6.04 Å². The summed E-state index contributed by atoms with van der Waals surface area (Å²) in [7, 11) is 4.33. The Morgan fingerprint density at radius 3 is 2.73 bits per heavy atom. The van der Waals surface area contributed by atoms with Gasteiger partial charge in [-0.25, -0.2) is 0 Å². The van der Waals surface area contributed by atoms with Crippen LogP contribution in [0.4, 0.5) is 0 Å². The second-order valence-electron chi connectivity index (χ2n) is 5.00. The molecule has 1 aliphatic heterocycles. The van der Waals surface area contributed by atoms with Crippen LogP contribution in [0.15, 0.2) is 0 Å². The van der Waals surface area contributed by atoms with Crippen molar-refractivity contribution in [3.05, 3.63) is 0 Å². The number of nitrogens with zero attached hydrogens (tertiary/aromatic N) is 2. The molecule has 0 bridgehead atoms. The highest BCUT2D eigenvalue weighted by atomic mass is 15.2. The fraction of sp³-hybridized carbons (Fsp3) is 1.00. The van der Waals surface area contributed by atoms with Gasteiger partial charge in [0.15, 0.2) is 0 Å². The molecular weight excluding hydrogens is 186 g/mol. The molecule has 1 heterocycles. The summed E-state index contributed by atoms with van der Waals surface area (Å²) < 4.78 is 0. The Morgan fingerprint density at radius 2 is 2.13 bits per heavy atom. The first-order valence-corrected chi connectivity index (χ1v) is 6.26.